The second-order valence-electron chi connectivity index (χ2n) is 6.90. The van der Waals surface area contributed by atoms with E-state index in [0.717, 1.165) is 16.8 Å². The van der Waals surface area contributed by atoms with Gasteiger partial charge in [-0.25, -0.2) is 4.68 Å². The number of methoxy groups -OCH3 is 1. The van der Waals surface area contributed by atoms with Crippen molar-refractivity contribution < 1.29 is 14.6 Å². The zero-order valence-electron chi connectivity index (χ0n) is 15.5. The van der Waals surface area contributed by atoms with Crippen LogP contribution in [-0.4, -0.2) is 27.9 Å². The van der Waals surface area contributed by atoms with Crippen LogP contribution in [0.25, 0.3) is 5.69 Å². The van der Waals surface area contributed by atoms with Crippen LogP contribution in [0.5, 0.6) is 11.5 Å². The van der Waals surface area contributed by atoms with Gasteiger partial charge in [0, 0.05) is 30.3 Å². The summed E-state index contributed by atoms with van der Waals surface area (Å²) in [6.45, 7) is 4.15. The van der Waals surface area contributed by atoms with E-state index in [2.05, 4.69) is 36.4 Å². The third-order valence-electron chi connectivity index (χ3n) is 5.15. The van der Waals surface area contributed by atoms with Crippen LogP contribution in [0.1, 0.15) is 34.6 Å². The summed E-state index contributed by atoms with van der Waals surface area (Å²) in [4.78, 5) is 12.2. The molecule has 2 aromatic carbocycles. The molecule has 4 rings (SSSR count). The first-order valence-electron chi connectivity index (χ1n) is 8.79. The zero-order chi connectivity index (χ0) is 19.1. The third kappa shape index (κ3) is 3.03. The normalized spacial score (nSPS) is 16.0. The van der Waals surface area contributed by atoms with Crippen molar-refractivity contribution in [3.63, 3.8) is 0 Å². The summed E-state index contributed by atoms with van der Waals surface area (Å²) in [6.07, 6.45) is 4.03. The van der Waals surface area contributed by atoms with Gasteiger partial charge >= 0.3 is 0 Å². The number of aryl methyl sites for hydroxylation is 2. The Hall–Kier alpha value is -3.28. The average Bonchev–Trinajstić information content (AvgIpc) is 3.13. The molecule has 6 nitrogen and oxygen atoms in total. The van der Waals surface area contributed by atoms with Crippen molar-refractivity contribution in [2.45, 2.75) is 26.2 Å². The number of hydrogen-bond acceptors (Lipinski definition) is 4. The predicted molar refractivity (Wildman–Crippen MR) is 103 cm³/mol. The Bertz CT molecular complexity index is 1040. The minimum Gasteiger partial charge on any atom is -0.504 e. The molecule has 0 radical (unpaired) electrons. The topological polar surface area (TPSA) is 76.4 Å². The van der Waals surface area contributed by atoms with E-state index in [9.17, 15) is 9.90 Å². The van der Waals surface area contributed by atoms with Crippen molar-refractivity contribution in [2.24, 2.45) is 0 Å². The van der Waals surface area contributed by atoms with E-state index in [1.807, 2.05) is 16.9 Å². The molecule has 3 aromatic rings. The first-order chi connectivity index (χ1) is 13.0. The molecule has 2 heterocycles. The number of hydrogen-bond donors (Lipinski definition) is 2. The highest BCUT2D eigenvalue weighted by Gasteiger charge is 2.29. The number of anilines is 1. The van der Waals surface area contributed by atoms with Gasteiger partial charge < -0.3 is 15.2 Å². The van der Waals surface area contributed by atoms with Crippen LogP contribution >= 0.6 is 0 Å². The lowest BCUT2D eigenvalue weighted by atomic mass is 9.86. The molecule has 0 bridgehead atoms. The van der Waals surface area contributed by atoms with E-state index in [4.69, 9.17) is 4.74 Å². The fourth-order valence-corrected chi connectivity index (χ4v) is 3.46. The van der Waals surface area contributed by atoms with E-state index in [1.54, 1.807) is 18.3 Å². The van der Waals surface area contributed by atoms with Crippen molar-refractivity contribution >= 4 is 11.6 Å². The first-order valence-corrected chi connectivity index (χ1v) is 8.79. The number of nitrogens with zero attached hydrogens (tertiary/aromatic N) is 2. The summed E-state index contributed by atoms with van der Waals surface area (Å²) in [5.41, 5.74) is 5.84. The molecule has 0 aliphatic carbocycles. The maximum Gasteiger partial charge on any atom is 0.225 e. The number of amides is 1. The number of aromatic nitrogens is 2. The Balaban J connectivity index is 1.74. The summed E-state index contributed by atoms with van der Waals surface area (Å²) < 4.78 is 6.97. The first kappa shape index (κ1) is 17.1. The van der Waals surface area contributed by atoms with Gasteiger partial charge in [0.25, 0.3) is 0 Å². The summed E-state index contributed by atoms with van der Waals surface area (Å²) in [5, 5.41) is 17.5. The van der Waals surface area contributed by atoms with Gasteiger partial charge in [-0.1, -0.05) is 6.07 Å². The number of phenols is 1. The molecule has 1 aliphatic rings. The highest BCUT2D eigenvalue weighted by Crippen LogP contribution is 2.42. The number of phenolic OH excluding ortho intramolecular Hbond substituents is 1. The van der Waals surface area contributed by atoms with Crippen LogP contribution < -0.4 is 10.1 Å². The zero-order valence-corrected chi connectivity index (χ0v) is 15.5. The van der Waals surface area contributed by atoms with E-state index >= 15 is 0 Å². The Morgan fingerprint density at radius 1 is 1.22 bits per heavy atom. The Labute approximate surface area is 157 Å². The minimum atomic E-state index is -0.175. The van der Waals surface area contributed by atoms with Crippen molar-refractivity contribution in [2.75, 3.05) is 12.4 Å². The van der Waals surface area contributed by atoms with Crippen molar-refractivity contribution in [3.8, 4) is 17.2 Å². The van der Waals surface area contributed by atoms with Crippen LogP contribution in [0.4, 0.5) is 5.69 Å². The monoisotopic (exact) mass is 363 g/mol. The number of carbonyl (C=O) groups is 1. The standard InChI is InChI=1S/C21H21N3O3/c1-12-4-5-15(6-13(12)2)24-11-14(10-22-24)16-8-21(26)23-18-9-20(27-3)19(25)7-17(16)18/h4-7,9-11,16,25H,8H2,1-3H3,(H,23,26)/t16-/m0/s1. The van der Waals surface area contributed by atoms with Crippen molar-refractivity contribution in [1.29, 1.82) is 0 Å². The van der Waals surface area contributed by atoms with Gasteiger partial charge in [-0.3, -0.25) is 4.79 Å². The fourth-order valence-electron chi connectivity index (χ4n) is 3.46. The Kier molecular flexibility index (Phi) is 4.11. The van der Waals surface area contributed by atoms with E-state index < -0.39 is 0 Å². The maximum atomic E-state index is 12.2. The number of benzene rings is 2. The molecule has 1 aliphatic heterocycles. The van der Waals surface area contributed by atoms with E-state index in [-0.39, 0.29) is 17.6 Å². The summed E-state index contributed by atoms with van der Waals surface area (Å²) in [6, 6.07) is 9.50. The highest BCUT2D eigenvalue weighted by molar-refractivity contribution is 5.96. The second kappa shape index (κ2) is 6.46. The number of ether oxygens (including phenoxy) is 1. The minimum absolute atomic E-state index is 0.0546. The predicted octanol–water partition coefficient (Wildman–Crippen LogP) is 3.68. The fraction of sp³-hybridized carbons (Fsp3) is 0.238. The van der Waals surface area contributed by atoms with Crippen LogP contribution in [0.3, 0.4) is 0 Å². The summed E-state index contributed by atoms with van der Waals surface area (Å²) in [7, 11) is 1.48. The molecule has 0 saturated carbocycles. The molecule has 6 heteroatoms. The maximum absolute atomic E-state index is 12.2. The SMILES string of the molecule is COc1cc2c(cc1O)[C@H](c1cnn(-c3ccc(C)c(C)c3)c1)CC(=O)N2. The van der Waals surface area contributed by atoms with Crippen LogP contribution in [0.15, 0.2) is 42.7 Å². The largest absolute Gasteiger partial charge is 0.504 e. The lowest BCUT2D eigenvalue weighted by Gasteiger charge is -2.25. The lowest BCUT2D eigenvalue weighted by Crippen LogP contribution is -2.23. The quantitative estimate of drug-likeness (QED) is 0.696. The summed E-state index contributed by atoms with van der Waals surface area (Å²) in [5.74, 6) is 0.143. The molecular weight excluding hydrogens is 342 g/mol. The molecular formula is C21H21N3O3. The van der Waals surface area contributed by atoms with Crippen LogP contribution in [0.2, 0.25) is 0 Å². The van der Waals surface area contributed by atoms with E-state index in [1.165, 1.54) is 18.2 Å². The molecule has 0 fully saturated rings. The number of aromatic hydroxyl groups is 1. The molecule has 138 valence electrons. The molecule has 0 saturated heterocycles. The summed E-state index contributed by atoms with van der Waals surface area (Å²) >= 11 is 0. The van der Waals surface area contributed by atoms with Crippen molar-refractivity contribution in [1.82, 2.24) is 9.78 Å². The number of nitrogens with one attached hydrogen (secondary N) is 1. The number of fused-ring (bicyclic) bond motifs is 1. The van der Waals surface area contributed by atoms with E-state index in [0.29, 0.717) is 17.9 Å². The van der Waals surface area contributed by atoms with Gasteiger partial charge in [0.1, 0.15) is 0 Å². The molecule has 27 heavy (non-hydrogen) atoms. The third-order valence-corrected chi connectivity index (χ3v) is 5.15. The molecule has 1 amide bonds. The smallest absolute Gasteiger partial charge is 0.225 e. The second-order valence-corrected chi connectivity index (χ2v) is 6.90. The number of carbonyl (C=O) groups excluding carboxylic acids is 1. The van der Waals surface area contributed by atoms with Gasteiger partial charge in [-0.2, -0.15) is 5.10 Å². The number of rotatable bonds is 3. The average molecular weight is 363 g/mol. The molecule has 1 aromatic heterocycles. The molecule has 1 atom stereocenters. The molecule has 0 unspecified atom stereocenters. The van der Waals surface area contributed by atoms with Gasteiger partial charge in [0.2, 0.25) is 5.91 Å². The molecule has 0 spiro atoms. The van der Waals surface area contributed by atoms with Crippen molar-refractivity contribution in [3.05, 3.63) is 65.0 Å². The van der Waals surface area contributed by atoms with Crippen LogP contribution in [-0.2, 0) is 4.79 Å². The van der Waals surface area contributed by atoms with Crippen LogP contribution in [0, 0.1) is 13.8 Å². The Morgan fingerprint density at radius 3 is 2.78 bits per heavy atom. The lowest BCUT2D eigenvalue weighted by molar-refractivity contribution is -0.116. The van der Waals surface area contributed by atoms with Gasteiger partial charge in [-0.15, -0.1) is 0 Å². The van der Waals surface area contributed by atoms with Gasteiger partial charge in [-0.05, 0) is 54.3 Å². The van der Waals surface area contributed by atoms with Gasteiger partial charge in [0.15, 0.2) is 11.5 Å². The Morgan fingerprint density at radius 2 is 2.04 bits per heavy atom. The molecule has 2 N–H and O–H groups in total. The van der Waals surface area contributed by atoms with Gasteiger partial charge in [0.05, 0.1) is 19.0 Å². The highest BCUT2D eigenvalue weighted by atomic mass is 16.5.